The Labute approximate surface area is 102 Å². The Morgan fingerprint density at radius 1 is 1.18 bits per heavy atom. The second kappa shape index (κ2) is 3.08. The first-order chi connectivity index (χ1) is 8.33. The number of imidazole rings is 1. The summed E-state index contributed by atoms with van der Waals surface area (Å²) in [4.78, 5) is 5.94. The van der Waals surface area contributed by atoms with Crippen LogP contribution in [0.15, 0.2) is 42.6 Å². The van der Waals surface area contributed by atoms with Gasteiger partial charge >= 0.3 is 0 Å². The molecule has 1 aromatic carbocycles. The monoisotopic (exact) mass is 238 g/mol. The lowest BCUT2D eigenvalue weighted by molar-refractivity contribution is 1.24. The Balaban J connectivity index is 2.29. The molecule has 4 rings (SSSR count). The highest BCUT2D eigenvalue weighted by molar-refractivity contribution is 7.25. The summed E-state index contributed by atoms with van der Waals surface area (Å²) in [5.74, 6) is 0. The zero-order valence-electron chi connectivity index (χ0n) is 9.34. The number of benzene rings is 1. The number of fused-ring (bicyclic) bond motifs is 5. The Morgan fingerprint density at radius 2 is 2.12 bits per heavy atom. The van der Waals surface area contributed by atoms with E-state index in [2.05, 4.69) is 35.7 Å². The lowest BCUT2D eigenvalue weighted by Gasteiger charge is -1.92. The number of hydrogen-bond acceptors (Lipinski definition) is 2. The van der Waals surface area contributed by atoms with Crippen LogP contribution in [0.2, 0.25) is 0 Å². The van der Waals surface area contributed by atoms with Crippen LogP contribution in [-0.2, 0) is 0 Å². The summed E-state index contributed by atoms with van der Waals surface area (Å²) in [5, 5.41) is 1.26. The maximum absolute atomic E-state index is 4.71. The van der Waals surface area contributed by atoms with Crippen molar-refractivity contribution in [3.63, 3.8) is 0 Å². The van der Waals surface area contributed by atoms with E-state index in [0.29, 0.717) is 0 Å². The summed E-state index contributed by atoms with van der Waals surface area (Å²) < 4.78 is 3.48. The maximum Gasteiger partial charge on any atom is 0.138 e. The van der Waals surface area contributed by atoms with Crippen molar-refractivity contribution in [2.24, 2.45) is 0 Å². The number of nitrogens with zero attached hydrogens (tertiary/aromatic N) is 2. The average molecular weight is 238 g/mol. The molecular formula is C14H10N2S. The van der Waals surface area contributed by atoms with E-state index in [1.54, 1.807) is 0 Å². The third kappa shape index (κ3) is 1.17. The highest BCUT2D eigenvalue weighted by Crippen LogP contribution is 2.34. The summed E-state index contributed by atoms with van der Waals surface area (Å²) in [6.45, 7) is 2.13. The molecule has 0 fully saturated rings. The molecule has 82 valence electrons. The smallest absolute Gasteiger partial charge is 0.138 e. The molecule has 0 aliphatic heterocycles. The molecule has 0 aliphatic carbocycles. The molecule has 0 N–H and O–H groups in total. The average Bonchev–Trinajstić information content (AvgIpc) is 2.84. The van der Waals surface area contributed by atoms with Crippen LogP contribution in [0.3, 0.4) is 0 Å². The van der Waals surface area contributed by atoms with Crippen LogP contribution < -0.4 is 0 Å². The van der Waals surface area contributed by atoms with E-state index < -0.39 is 0 Å². The molecule has 0 aliphatic rings. The highest BCUT2D eigenvalue weighted by atomic mass is 32.1. The van der Waals surface area contributed by atoms with Crippen LogP contribution in [0, 0.1) is 6.92 Å². The fraction of sp³-hybridized carbons (Fsp3) is 0.0714. The number of aryl methyl sites for hydroxylation is 1. The minimum atomic E-state index is 1.02. The van der Waals surface area contributed by atoms with Crippen LogP contribution in [0.25, 0.3) is 26.1 Å². The van der Waals surface area contributed by atoms with Gasteiger partial charge in [0, 0.05) is 16.3 Å². The third-order valence-corrected chi connectivity index (χ3v) is 4.23. The maximum atomic E-state index is 4.71. The molecule has 3 aromatic heterocycles. The molecular weight excluding hydrogens is 228 g/mol. The quantitative estimate of drug-likeness (QED) is 0.452. The van der Waals surface area contributed by atoms with Gasteiger partial charge in [0.15, 0.2) is 0 Å². The summed E-state index contributed by atoms with van der Waals surface area (Å²) >= 11 is 1.81. The number of thiophene rings is 1. The van der Waals surface area contributed by atoms with Crippen molar-refractivity contribution in [1.29, 1.82) is 0 Å². The minimum Gasteiger partial charge on any atom is -0.291 e. The van der Waals surface area contributed by atoms with E-state index in [1.807, 2.05) is 29.5 Å². The van der Waals surface area contributed by atoms with Gasteiger partial charge in [-0.15, -0.1) is 11.3 Å². The van der Waals surface area contributed by atoms with Crippen LogP contribution in [0.5, 0.6) is 0 Å². The minimum absolute atomic E-state index is 1.02. The van der Waals surface area contributed by atoms with Gasteiger partial charge in [-0.3, -0.25) is 4.40 Å². The molecule has 0 saturated heterocycles. The van der Waals surface area contributed by atoms with Gasteiger partial charge in [0.25, 0.3) is 0 Å². The van der Waals surface area contributed by atoms with E-state index in [1.165, 1.54) is 20.5 Å². The first-order valence-corrected chi connectivity index (χ1v) is 6.40. The first kappa shape index (κ1) is 9.19. The largest absolute Gasteiger partial charge is 0.291 e. The normalized spacial score (nSPS) is 11.8. The van der Waals surface area contributed by atoms with Gasteiger partial charge in [0.1, 0.15) is 16.0 Å². The number of hydrogen-bond donors (Lipinski definition) is 0. The standard InChI is InChI=1S/C14H10N2S/c1-9-5-6-10-11(8-9)17-14-13(10)15-12-4-2-3-7-16(12)14/h2-8H,1H3. The van der Waals surface area contributed by atoms with Crippen molar-refractivity contribution in [3.05, 3.63) is 48.2 Å². The Bertz CT molecular complexity index is 854. The molecule has 17 heavy (non-hydrogen) atoms. The molecule has 0 radical (unpaired) electrons. The molecule has 0 saturated carbocycles. The van der Waals surface area contributed by atoms with E-state index in [4.69, 9.17) is 4.98 Å². The molecule has 0 unspecified atom stereocenters. The fourth-order valence-corrected chi connectivity index (χ4v) is 3.49. The second-order valence-electron chi connectivity index (χ2n) is 4.30. The fourth-order valence-electron chi connectivity index (χ4n) is 2.26. The zero-order valence-corrected chi connectivity index (χ0v) is 10.2. The third-order valence-electron chi connectivity index (χ3n) is 3.08. The van der Waals surface area contributed by atoms with Gasteiger partial charge in [-0.05, 0) is 30.7 Å². The Morgan fingerprint density at radius 3 is 3.06 bits per heavy atom. The van der Waals surface area contributed by atoms with Crippen molar-refractivity contribution in [2.75, 3.05) is 0 Å². The first-order valence-electron chi connectivity index (χ1n) is 5.59. The molecule has 3 heteroatoms. The van der Waals surface area contributed by atoms with Crippen molar-refractivity contribution < 1.29 is 0 Å². The summed E-state index contributed by atoms with van der Waals surface area (Å²) in [5.41, 5.74) is 3.45. The predicted octanol–water partition coefficient (Wildman–Crippen LogP) is 4.01. The molecule has 0 amide bonds. The van der Waals surface area contributed by atoms with Crippen molar-refractivity contribution in [3.8, 4) is 0 Å². The van der Waals surface area contributed by atoms with E-state index in [0.717, 1.165) is 11.2 Å². The van der Waals surface area contributed by atoms with Crippen molar-refractivity contribution in [2.45, 2.75) is 6.92 Å². The van der Waals surface area contributed by atoms with Gasteiger partial charge < -0.3 is 0 Å². The van der Waals surface area contributed by atoms with E-state index >= 15 is 0 Å². The van der Waals surface area contributed by atoms with Crippen LogP contribution >= 0.6 is 11.3 Å². The summed E-state index contributed by atoms with van der Waals surface area (Å²) in [6, 6.07) is 12.7. The molecule has 0 bridgehead atoms. The van der Waals surface area contributed by atoms with Gasteiger partial charge in [-0.2, -0.15) is 0 Å². The van der Waals surface area contributed by atoms with E-state index in [9.17, 15) is 0 Å². The SMILES string of the molecule is Cc1ccc2c(c1)sc1c2nc2ccccn21. The van der Waals surface area contributed by atoms with Crippen LogP contribution in [-0.4, -0.2) is 9.38 Å². The van der Waals surface area contributed by atoms with Gasteiger partial charge in [0.2, 0.25) is 0 Å². The summed E-state index contributed by atoms with van der Waals surface area (Å²) in [6.07, 6.45) is 2.08. The van der Waals surface area contributed by atoms with Crippen molar-refractivity contribution in [1.82, 2.24) is 9.38 Å². The van der Waals surface area contributed by atoms with Crippen LogP contribution in [0.4, 0.5) is 0 Å². The molecule has 4 aromatic rings. The molecule has 3 heterocycles. The summed E-state index contributed by atoms with van der Waals surface area (Å²) in [7, 11) is 0. The lowest BCUT2D eigenvalue weighted by atomic mass is 10.2. The number of pyridine rings is 1. The van der Waals surface area contributed by atoms with Crippen LogP contribution in [0.1, 0.15) is 5.56 Å². The number of aromatic nitrogens is 2. The van der Waals surface area contributed by atoms with E-state index in [-0.39, 0.29) is 0 Å². The molecule has 0 spiro atoms. The molecule has 0 atom stereocenters. The van der Waals surface area contributed by atoms with Gasteiger partial charge in [-0.1, -0.05) is 18.2 Å². The zero-order chi connectivity index (χ0) is 11.4. The Kier molecular flexibility index (Phi) is 1.66. The lowest BCUT2D eigenvalue weighted by Crippen LogP contribution is -1.79. The second-order valence-corrected chi connectivity index (χ2v) is 5.33. The van der Waals surface area contributed by atoms with Gasteiger partial charge in [0.05, 0.1) is 0 Å². The predicted molar refractivity (Wildman–Crippen MR) is 72.8 cm³/mol. The Hall–Kier alpha value is -1.87. The number of rotatable bonds is 0. The topological polar surface area (TPSA) is 17.3 Å². The van der Waals surface area contributed by atoms with Gasteiger partial charge in [-0.25, -0.2) is 4.98 Å². The van der Waals surface area contributed by atoms with Crippen molar-refractivity contribution >= 4 is 37.4 Å². The molecule has 2 nitrogen and oxygen atoms in total. The highest BCUT2D eigenvalue weighted by Gasteiger charge is 2.10.